The van der Waals surface area contributed by atoms with Crippen LogP contribution in [0.5, 0.6) is 5.75 Å². The summed E-state index contributed by atoms with van der Waals surface area (Å²) in [5.74, 6) is 1.67. The van der Waals surface area contributed by atoms with Gasteiger partial charge in [0.05, 0.1) is 24.8 Å². The molecule has 0 fully saturated rings. The van der Waals surface area contributed by atoms with E-state index in [1.165, 1.54) is 0 Å². The number of nitrogens with one attached hydrogen (secondary N) is 1. The molecule has 2 aromatic carbocycles. The highest BCUT2D eigenvalue weighted by Crippen LogP contribution is 2.38. The summed E-state index contributed by atoms with van der Waals surface area (Å²) in [6.07, 6.45) is 0. The summed E-state index contributed by atoms with van der Waals surface area (Å²) in [6, 6.07) is 19.1. The average Bonchev–Trinajstić information content (AvgIpc) is 3.55. The monoisotopic (exact) mass is 486 g/mol. The molecule has 4 aromatic rings. The normalized spacial score (nSPS) is 15.9. The molecule has 8 heteroatoms. The molecule has 7 nitrogen and oxygen atoms in total. The number of thiophene rings is 1. The maximum Gasteiger partial charge on any atom is 0.322 e. The van der Waals surface area contributed by atoms with Gasteiger partial charge in [-0.1, -0.05) is 47.1 Å². The lowest BCUT2D eigenvalue weighted by atomic mass is 9.94. The van der Waals surface area contributed by atoms with Gasteiger partial charge in [0, 0.05) is 16.1 Å². The minimum atomic E-state index is -0.441. The number of aromatic nitrogens is 2. The summed E-state index contributed by atoms with van der Waals surface area (Å²) >= 11 is 1.61. The number of benzene rings is 2. The Kier molecular flexibility index (Phi) is 6.37. The number of carbonyl (C=O) groups excluding carboxylic acids is 1. The minimum Gasteiger partial charge on any atom is -0.494 e. The van der Waals surface area contributed by atoms with E-state index in [9.17, 15) is 4.79 Å². The van der Waals surface area contributed by atoms with Crippen molar-refractivity contribution in [3.05, 3.63) is 93.6 Å². The molecular weight excluding hydrogens is 460 g/mol. The second-order valence-electron chi connectivity index (χ2n) is 8.34. The summed E-state index contributed by atoms with van der Waals surface area (Å²) in [7, 11) is 0. The molecule has 0 saturated carbocycles. The molecule has 2 amide bonds. The van der Waals surface area contributed by atoms with Gasteiger partial charge in [-0.05, 0) is 56.0 Å². The van der Waals surface area contributed by atoms with Gasteiger partial charge >= 0.3 is 6.03 Å². The molecule has 3 heterocycles. The summed E-state index contributed by atoms with van der Waals surface area (Å²) in [5, 5.41) is 9.41. The molecule has 2 aromatic heterocycles. The highest BCUT2D eigenvalue weighted by Gasteiger charge is 2.36. The quantitative estimate of drug-likeness (QED) is 0.336. The van der Waals surface area contributed by atoms with Gasteiger partial charge in [0.2, 0.25) is 5.82 Å². The van der Waals surface area contributed by atoms with Crippen molar-refractivity contribution >= 4 is 22.9 Å². The Balaban J connectivity index is 1.58. The first-order valence-corrected chi connectivity index (χ1v) is 12.4. The Morgan fingerprint density at radius 3 is 2.66 bits per heavy atom. The van der Waals surface area contributed by atoms with E-state index in [0.29, 0.717) is 24.9 Å². The second kappa shape index (κ2) is 9.76. The zero-order chi connectivity index (χ0) is 24.4. The van der Waals surface area contributed by atoms with E-state index in [-0.39, 0.29) is 6.03 Å². The van der Waals surface area contributed by atoms with Crippen LogP contribution in [0.15, 0.2) is 76.3 Å². The van der Waals surface area contributed by atoms with E-state index in [1.807, 2.05) is 86.8 Å². The zero-order valence-corrected chi connectivity index (χ0v) is 20.6. The number of carbonyl (C=O) groups is 1. The third-order valence-corrected chi connectivity index (χ3v) is 6.81. The predicted molar refractivity (Wildman–Crippen MR) is 136 cm³/mol. The highest BCUT2D eigenvalue weighted by atomic mass is 32.1. The Hall–Kier alpha value is -3.91. The van der Waals surface area contributed by atoms with E-state index >= 15 is 0 Å². The molecule has 35 heavy (non-hydrogen) atoms. The van der Waals surface area contributed by atoms with Crippen molar-refractivity contribution in [2.45, 2.75) is 33.4 Å². The second-order valence-corrected chi connectivity index (χ2v) is 9.37. The number of urea groups is 1. The summed E-state index contributed by atoms with van der Waals surface area (Å²) in [4.78, 5) is 20.8. The fourth-order valence-corrected chi connectivity index (χ4v) is 4.91. The predicted octanol–water partition coefficient (Wildman–Crippen LogP) is 6.20. The highest BCUT2D eigenvalue weighted by molar-refractivity contribution is 7.09. The molecule has 1 aliphatic heterocycles. The van der Waals surface area contributed by atoms with E-state index in [1.54, 1.807) is 16.2 Å². The van der Waals surface area contributed by atoms with Crippen LogP contribution in [-0.4, -0.2) is 27.7 Å². The van der Waals surface area contributed by atoms with Crippen molar-refractivity contribution in [2.75, 3.05) is 6.61 Å². The van der Waals surface area contributed by atoms with Crippen molar-refractivity contribution in [1.82, 2.24) is 20.4 Å². The molecule has 5 rings (SSSR count). The fraction of sp³-hybridized carbons (Fsp3) is 0.222. The Morgan fingerprint density at radius 1 is 1.11 bits per heavy atom. The molecule has 178 valence electrons. The molecule has 0 aliphatic carbocycles. The minimum absolute atomic E-state index is 0.169. The van der Waals surface area contributed by atoms with Gasteiger partial charge in [-0.15, -0.1) is 11.3 Å². The van der Waals surface area contributed by atoms with Crippen molar-refractivity contribution in [2.24, 2.45) is 0 Å². The van der Waals surface area contributed by atoms with E-state index in [2.05, 4.69) is 10.5 Å². The molecule has 0 saturated heterocycles. The lowest BCUT2D eigenvalue weighted by molar-refractivity contribution is 0.203. The molecule has 1 aliphatic rings. The van der Waals surface area contributed by atoms with Crippen LogP contribution in [-0.2, 0) is 6.54 Å². The van der Waals surface area contributed by atoms with Crippen LogP contribution >= 0.6 is 11.3 Å². The standard InChI is InChI=1S/C27H26N4O3S/c1-4-33-21-12-10-19(11-13-21)24-23(18(3)31(27(32)28-24)16-22-9-6-14-35-22)26-29-25(30-34-26)20-8-5-7-17(2)15-20/h5-15,24H,4,16H2,1-3H3,(H,28,32). The van der Waals surface area contributed by atoms with Gasteiger partial charge in [0.15, 0.2) is 0 Å². The third-order valence-electron chi connectivity index (χ3n) is 5.95. The van der Waals surface area contributed by atoms with Crippen molar-refractivity contribution in [3.63, 3.8) is 0 Å². The fourth-order valence-electron chi connectivity index (χ4n) is 4.21. The molecule has 0 bridgehead atoms. The number of nitrogens with zero attached hydrogens (tertiary/aromatic N) is 3. The van der Waals surface area contributed by atoms with Crippen LogP contribution < -0.4 is 10.1 Å². The van der Waals surface area contributed by atoms with Crippen LogP contribution in [0, 0.1) is 6.92 Å². The lowest BCUT2D eigenvalue weighted by Gasteiger charge is -2.35. The lowest BCUT2D eigenvalue weighted by Crippen LogP contribution is -2.45. The molecule has 1 unspecified atom stereocenters. The molecule has 1 N–H and O–H groups in total. The maximum atomic E-state index is 13.2. The first-order valence-electron chi connectivity index (χ1n) is 11.5. The van der Waals surface area contributed by atoms with Gasteiger partial charge in [0.1, 0.15) is 5.75 Å². The van der Waals surface area contributed by atoms with Crippen molar-refractivity contribution in [3.8, 4) is 17.1 Å². The summed E-state index contributed by atoms with van der Waals surface area (Å²) in [5.41, 5.74) is 4.45. The third kappa shape index (κ3) is 4.70. The van der Waals surface area contributed by atoms with Crippen LogP contribution in [0.4, 0.5) is 4.79 Å². The van der Waals surface area contributed by atoms with Crippen molar-refractivity contribution < 1.29 is 14.1 Å². The SMILES string of the molecule is CCOc1ccc(C2NC(=O)N(Cc3cccs3)C(C)=C2c2nc(-c3cccc(C)c3)no2)cc1. The Bertz CT molecular complexity index is 1360. The summed E-state index contributed by atoms with van der Waals surface area (Å²) < 4.78 is 11.4. The zero-order valence-electron chi connectivity index (χ0n) is 19.8. The smallest absolute Gasteiger partial charge is 0.322 e. The Morgan fingerprint density at radius 2 is 1.94 bits per heavy atom. The number of allylic oxidation sites excluding steroid dienone is 1. The van der Waals surface area contributed by atoms with Gasteiger partial charge in [0.25, 0.3) is 5.89 Å². The number of ether oxygens (including phenoxy) is 1. The first kappa shape index (κ1) is 22.9. The number of hydrogen-bond donors (Lipinski definition) is 1. The van der Waals surface area contributed by atoms with E-state index in [0.717, 1.165) is 38.6 Å². The van der Waals surface area contributed by atoms with Gasteiger partial charge in [-0.3, -0.25) is 4.90 Å². The number of amides is 2. The largest absolute Gasteiger partial charge is 0.494 e. The molecule has 1 atom stereocenters. The van der Waals surface area contributed by atoms with Gasteiger partial charge < -0.3 is 14.6 Å². The van der Waals surface area contributed by atoms with Crippen LogP contribution in [0.2, 0.25) is 0 Å². The topological polar surface area (TPSA) is 80.5 Å². The number of hydrogen-bond acceptors (Lipinski definition) is 6. The maximum absolute atomic E-state index is 13.2. The van der Waals surface area contributed by atoms with Crippen molar-refractivity contribution in [1.29, 1.82) is 0 Å². The van der Waals surface area contributed by atoms with Crippen LogP contribution in [0.1, 0.15) is 41.8 Å². The van der Waals surface area contributed by atoms with Gasteiger partial charge in [-0.25, -0.2) is 4.79 Å². The molecular formula is C27H26N4O3S. The molecule has 0 spiro atoms. The number of aryl methyl sites for hydroxylation is 1. The Labute approximate surface area is 208 Å². The van der Waals surface area contributed by atoms with Gasteiger partial charge in [-0.2, -0.15) is 4.98 Å². The summed E-state index contributed by atoms with van der Waals surface area (Å²) in [6.45, 7) is 6.96. The first-order chi connectivity index (χ1) is 17.0. The van der Waals surface area contributed by atoms with Crippen LogP contribution in [0.25, 0.3) is 17.0 Å². The van der Waals surface area contributed by atoms with E-state index in [4.69, 9.17) is 14.2 Å². The number of rotatable bonds is 7. The average molecular weight is 487 g/mol. The van der Waals surface area contributed by atoms with E-state index < -0.39 is 6.04 Å². The molecule has 0 radical (unpaired) electrons. The van der Waals surface area contributed by atoms with Crippen LogP contribution in [0.3, 0.4) is 0 Å².